The summed E-state index contributed by atoms with van der Waals surface area (Å²) in [6, 6.07) is 5.25. The minimum absolute atomic E-state index is 0.263. The number of methoxy groups -OCH3 is 1. The number of carbonyl (C=O) groups excluding carboxylic acids is 1. The van der Waals surface area contributed by atoms with Gasteiger partial charge in [-0.15, -0.1) is 0 Å². The number of hydrogen-bond acceptors (Lipinski definition) is 4. The van der Waals surface area contributed by atoms with E-state index < -0.39 is 6.10 Å². The van der Waals surface area contributed by atoms with E-state index in [1.165, 1.54) is 7.11 Å². The zero-order chi connectivity index (χ0) is 15.7. The summed E-state index contributed by atoms with van der Waals surface area (Å²) in [6.45, 7) is 4.83. The monoisotopic (exact) mass is 295 g/mol. The Hall–Kier alpha value is -1.75. The van der Waals surface area contributed by atoms with Crippen LogP contribution in [0.2, 0.25) is 0 Å². The Balaban J connectivity index is 2.72. The molecule has 0 aromatic heterocycles. The summed E-state index contributed by atoms with van der Waals surface area (Å²) in [5, 5.41) is 12.2. The predicted octanol–water partition coefficient (Wildman–Crippen LogP) is 3.30. The van der Waals surface area contributed by atoms with Gasteiger partial charge in [-0.05, 0) is 44.4 Å². The van der Waals surface area contributed by atoms with Crippen LogP contribution in [-0.2, 0) is 14.6 Å². The maximum Gasteiger partial charge on any atom is 0.305 e. The normalized spacial score (nSPS) is 11.8. The van der Waals surface area contributed by atoms with Crippen molar-refractivity contribution in [2.75, 3.05) is 20.3 Å². The molecule has 5 heteroatoms. The van der Waals surface area contributed by atoms with Crippen LogP contribution in [-0.4, -0.2) is 26.3 Å². The molecule has 0 saturated heterocycles. The van der Waals surface area contributed by atoms with Gasteiger partial charge in [-0.3, -0.25) is 4.79 Å². The molecule has 0 aliphatic carbocycles. The number of benzene rings is 1. The third kappa shape index (κ3) is 6.04. The second-order valence-corrected chi connectivity index (χ2v) is 4.56. The minimum atomic E-state index is -0.908. The van der Waals surface area contributed by atoms with E-state index in [9.17, 15) is 9.90 Å². The fourth-order valence-electron chi connectivity index (χ4n) is 1.98. The molecule has 0 heterocycles. The fourth-order valence-corrected chi connectivity index (χ4v) is 1.98. The van der Waals surface area contributed by atoms with E-state index in [1.54, 1.807) is 18.2 Å². The first-order chi connectivity index (χ1) is 10.1. The van der Waals surface area contributed by atoms with Crippen LogP contribution in [0.1, 0.15) is 44.8 Å². The van der Waals surface area contributed by atoms with Crippen LogP contribution in [0, 0.1) is 0 Å². The molecule has 0 amide bonds. The van der Waals surface area contributed by atoms with Crippen molar-refractivity contribution in [3.63, 3.8) is 0 Å². The molecule has 0 spiro atoms. The van der Waals surface area contributed by atoms with E-state index in [0.29, 0.717) is 43.1 Å². The summed E-state index contributed by atoms with van der Waals surface area (Å²) >= 11 is 0. The molecule has 1 atom stereocenters. The molecule has 0 saturated carbocycles. The average molecular weight is 295 g/mol. The van der Waals surface area contributed by atoms with E-state index >= 15 is 0 Å². The molecule has 0 bridgehead atoms. The largest absolute Gasteiger partial charge is 0.494 e. The Bertz CT molecular complexity index is 420. The van der Waals surface area contributed by atoms with Gasteiger partial charge in [0.2, 0.25) is 0 Å². The van der Waals surface area contributed by atoms with Crippen LogP contribution in [0.3, 0.4) is 0 Å². The Labute approximate surface area is 125 Å². The molecule has 5 nitrogen and oxygen atoms in total. The van der Waals surface area contributed by atoms with Crippen LogP contribution >= 0.6 is 0 Å². The summed E-state index contributed by atoms with van der Waals surface area (Å²) in [7, 11) is 1.34. The Morgan fingerprint density at radius 1 is 1.10 bits per heavy atom. The maximum atomic E-state index is 12.2. The molecule has 1 unspecified atom stereocenters. The van der Waals surface area contributed by atoms with Gasteiger partial charge in [-0.25, -0.2) is 5.11 Å². The van der Waals surface area contributed by atoms with Crippen molar-refractivity contribution < 1.29 is 24.1 Å². The lowest BCUT2D eigenvalue weighted by Crippen LogP contribution is -2.03. The first-order valence-electron chi connectivity index (χ1n) is 7.23. The maximum absolute atomic E-state index is 12.2. The highest BCUT2D eigenvalue weighted by molar-refractivity contribution is 5.69. The van der Waals surface area contributed by atoms with E-state index in [1.807, 2.05) is 13.8 Å². The number of hydrogen-bond donors (Lipinski definition) is 0. The molecule has 0 fully saturated rings. The van der Waals surface area contributed by atoms with Crippen molar-refractivity contribution >= 4 is 5.97 Å². The van der Waals surface area contributed by atoms with Gasteiger partial charge in [0.15, 0.2) is 0 Å². The number of carbonyl (C=O) groups is 1. The van der Waals surface area contributed by atoms with E-state index in [4.69, 9.17) is 9.47 Å². The van der Waals surface area contributed by atoms with E-state index in [-0.39, 0.29) is 12.4 Å². The zero-order valence-corrected chi connectivity index (χ0v) is 12.9. The number of esters is 1. The Morgan fingerprint density at radius 3 is 2.14 bits per heavy atom. The average Bonchev–Trinajstić information content (AvgIpc) is 2.47. The third-order valence-corrected chi connectivity index (χ3v) is 2.97. The lowest BCUT2D eigenvalue weighted by molar-refractivity contribution is -0.140. The molecule has 0 aliphatic rings. The highest BCUT2D eigenvalue weighted by atomic mass is 16.5. The molecule has 1 aromatic carbocycles. The van der Waals surface area contributed by atoms with E-state index in [2.05, 4.69) is 4.74 Å². The van der Waals surface area contributed by atoms with Crippen LogP contribution < -0.4 is 9.47 Å². The van der Waals surface area contributed by atoms with Crippen molar-refractivity contribution in [1.29, 1.82) is 0 Å². The lowest BCUT2D eigenvalue weighted by atomic mass is 10.0. The third-order valence-electron chi connectivity index (χ3n) is 2.97. The summed E-state index contributed by atoms with van der Waals surface area (Å²) in [4.78, 5) is 11.0. The summed E-state index contributed by atoms with van der Waals surface area (Å²) in [5.41, 5.74) is 0.620. The summed E-state index contributed by atoms with van der Waals surface area (Å²) in [5.74, 6) is 0.972. The Kier molecular flexibility index (Phi) is 7.61. The first-order valence-corrected chi connectivity index (χ1v) is 7.23. The van der Waals surface area contributed by atoms with E-state index in [0.717, 1.165) is 0 Å². The van der Waals surface area contributed by atoms with Gasteiger partial charge in [0.25, 0.3) is 0 Å². The predicted molar refractivity (Wildman–Crippen MR) is 78.1 cm³/mol. The first kappa shape index (κ1) is 17.3. The topological polar surface area (TPSA) is 64.7 Å². The summed E-state index contributed by atoms with van der Waals surface area (Å²) < 4.78 is 15.5. The zero-order valence-electron chi connectivity index (χ0n) is 12.9. The van der Waals surface area contributed by atoms with Crippen LogP contribution in [0.4, 0.5) is 0 Å². The number of rotatable bonds is 9. The minimum Gasteiger partial charge on any atom is -0.494 e. The molecular weight excluding hydrogens is 272 g/mol. The molecular formula is C16H23O5. The molecule has 117 valence electrons. The highest BCUT2D eigenvalue weighted by Crippen LogP contribution is 2.29. The molecule has 1 aromatic rings. The van der Waals surface area contributed by atoms with Gasteiger partial charge in [0.05, 0.1) is 20.3 Å². The lowest BCUT2D eigenvalue weighted by Gasteiger charge is -2.13. The van der Waals surface area contributed by atoms with Crippen molar-refractivity contribution in [3.8, 4) is 11.5 Å². The van der Waals surface area contributed by atoms with Crippen LogP contribution in [0.25, 0.3) is 0 Å². The van der Waals surface area contributed by atoms with Gasteiger partial charge in [-0.1, -0.05) is 0 Å². The van der Waals surface area contributed by atoms with Gasteiger partial charge in [-0.2, -0.15) is 0 Å². The smallest absolute Gasteiger partial charge is 0.305 e. The van der Waals surface area contributed by atoms with Crippen molar-refractivity contribution in [1.82, 2.24) is 0 Å². The van der Waals surface area contributed by atoms with Crippen LogP contribution in [0.5, 0.6) is 11.5 Å². The molecule has 1 radical (unpaired) electrons. The van der Waals surface area contributed by atoms with Gasteiger partial charge >= 0.3 is 5.97 Å². The van der Waals surface area contributed by atoms with Crippen molar-refractivity contribution in [2.24, 2.45) is 0 Å². The number of ether oxygens (including phenoxy) is 3. The molecule has 21 heavy (non-hydrogen) atoms. The van der Waals surface area contributed by atoms with Gasteiger partial charge in [0.1, 0.15) is 17.6 Å². The van der Waals surface area contributed by atoms with Gasteiger partial charge < -0.3 is 14.2 Å². The second kappa shape index (κ2) is 9.23. The second-order valence-electron chi connectivity index (χ2n) is 4.56. The SMILES string of the molecule is CCOc1cc(OCC)cc(C([O])CCCC(=O)OC)c1. The summed E-state index contributed by atoms with van der Waals surface area (Å²) in [6.07, 6.45) is 0.229. The highest BCUT2D eigenvalue weighted by Gasteiger charge is 2.14. The Morgan fingerprint density at radius 2 is 1.67 bits per heavy atom. The quantitative estimate of drug-likeness (QED) is 0.656. The van der Waals surface area contributed by atoms with Crippen molar-refractivity contribution in [2.45, 2.75) is 39.2 Å². The van der Waals surface area contributed by atoms with Crippen LogP contribution in [0.15, 0.2) is 18.2 Å². The molecule has 0 N–H and O–H groups in total. The molecule has 0 aliphatic heterocycles. The molecule has 1 rings (SSSR count). The fraction of sp³-hybridized carbons (Fsp3) is 0.562. The standard InChI is InChI=1S/C16H23O5/c1-4-20-13-9-12(10-14(11-13)21-5-2)15(17)7-6-8-16(18)19-3/h9-11,15H,4-8H2,1-3H3. The van der Waals surface area contributed by atoms with Crippen molar-refractivity contribution in [3.05, 3.63) is 23.8 Å². The van der Waals surface area contributed by atoms with Gasteiger partial charge in [0, 0.05) is 12.5 Å².